The molecule has 6 rings (SSSR count). The molecule has 0 atom stereocenters. The van der Waals surface area contributed by atoms with Gasteiger partial charge >= 0.3 is 0 Å². The first-order valence-corrected chi connectivity index (χ1v) is 12.2. The monoisotopic (exact) mass is 513 g/mol. The van der Waals surface area contributed by atoms with Crippen LogP contribution in [0.4, 0.5) is 10.2 Å². The second-order valence-electron chi connectivity index (χ2n) is 8.85. The lowest BCUT2D eigenvalue weighted by atomic mass is 10.1. The van der Waals surface area contributed by atoms with Gasteiger partial charge in [0.2, 0.25) is 5.88 Å². The summed E-state index contributed by atoms with van der Waals surface area (Å²) >= 11 is 6.51. The molecule has 3 aromatic heterocycles. The third-order valence-corrected chi connectivity index (χ3v) is 6.59. The highest BCUT2D eigenvalue weighted by Gasteiger charge is 2.17. The first kappa shape index (κ1) is 23.1. The van der Waals surface area contributed by atoms with Crippen molar-refractivity contribution in [3.8, 4) is 17.0 Å². The predicted octanol–water partition coefficient (Wildman–Crippen LogP) is 5.91. The first-order chi connectivity index (χ1) is 18.0. The van der Waals surface area contributed by atoms with Gasteiger partial charge in [-0.3, -0.25) is 4.79 Å². The Balaban J connectivity index is 1.28. The Bertz CT molecular complexity index is 1650. The number of pyridine rings is 2. The second kappa shape index (κ2) is 9.63. The number of aryl methyl sites for hydroxylation is 1. The van der Waals surface area contributed by atoms with E-state index in [1.54, 1.807) is 24.5 Å². The molecule has 0 fully saturated rings. The third-order valence-electron chi connectivity index (χ3n) is 6.29. The Morgan fingerprint density at radius 1 is 1.08 bits per heavy atom. The maximum Gasteiger partial charge on any atom is 0.258 e. The predicted molar refractivity (Wildman–Crippen MR) is 139 cm³/mol. The van der Waals surface area contributed by atoms with Gasteiger partial charge in [-0.25, -0.2) is 19.3 Å². The Kier molecular flexibility index (Phi) is 6.02. The molecule has 1 amide bonds. The van der Waals surface area contributed by atoms with E-state index in [-0.39, 0.29) is 11.7 Å². The van der Waals surface area contributed by atoms with Crippen LogP contribution in [0.5, 0.6) is 5.88 Å². The SMILES string of the molecule is O=C(Nc1cc(-c2ccc3ncn(Cc4cccc(F)c4)c3c2)c(Cl)cn1)c1cnc2c(c1)CCCO2. The van der Waals surface area contributed by atoms with E-state index in [0.717, 1.165) is 40.6 Å². The molecule has 0 aliphatic carbocycles. The van der Waals surface area contributed by atoms with E-state index in [0.29, 0.717) is 41.0 Å². The zero-order valence-electron chi connectivity index (χ0n) is 19.6. The number of nitrogens with one attached hydrogen (secondary N) is 1. The minimum Gasteiger partial charge on any atom is -0.477 e. The molecule has 1 aliphatic heterocycles. The van der Waals surface area contributed by atoms with Crippen LogP contribution in [0, 0.1) is 5.82 Å². The lowest BCUT2D eigenvalue weighted by molar-refractivity contribution is 0.102. The largest absolute Gasteiger partial charge is 0.477 e. The van der Waals surface area contributed by atoms with Crippen LogP contribution in [-0.4, -0.2) is 32.0 Å². The lowest BCUT2D eigenvalue weighted by Gasteiger charge is -2.16. The molecule has 4 heterocycles. The van der Waals surface area contributed by atoms with E-state index in [2.05, 4.69) is 20.3 Å². The molecule has 0 saturated heterocycles. The van der Waals surface area contributed by atoms with E-state index < -0.39 is 0 Å². The van der Waals surface area contributed by atoms with Crippen molar-refractivity contribution in [3.63, 3.8) is 0 Å². The van der Waals surface area contributed by atoms with Gasteiger partial charge in [0, 0.05) is 30.1 Å². The van der Waals surface area contributed by atoms with Gasteiger partial charge in [-0.2, -0.15) is 0 Å². The van der Waals surface area contributed by atoms with Crippen LogP contribution in [0.3, 0.4) is 0 Å². The zero-order valence-corrected chi connectivity index (χ0v) is 20.4. The van der Waals surface area contributed by atoms with Gasteiger partial charge in [0.25, 0.3) is 5.91 Å². The van der Waals surface area contributed by atoms with E-state index in [9.17, 15) is 9.18 Å². The fourth-order valence-electron chi connectivity index (χ4n) is 4.46. The molecule has 1 N–H and O–H groups in total. The second-order valence-corrected chi connectivity index (χ2v) is 9.26. The molecule has 37 heavy (non-hydrogen) atoms. The van der Waals surface area contributed by atoms with Crippen LogP contribution in [0.2, 0.25) is 5.02 Å². The molecular weight excluding hydrogens is 493 g/mol. The highest BCUT2D eigenvalue weighted by atomic mass is 35.5. The molecular formula is C28H21ClFN5O2. The number of amides is 1. The minimum absolute atomic E-state index is 0.278. The summed E-state index contributed by atoms with van der Waals surface area (Å²) < 4.78 is 21.2. The number of carbonyl (C=O) groups excluding carboxylic acids is 1. The quantitative estimate of drug-likeness (QED) is 0.316. The van der Waals surface area contributed by atoms with Gasteiger partial charge in [-0.15, -0.1) is 0 Å². The maximum atomic E-state index is 13.7. The lowest BCUT2D eigenvalue weighted by Crippen LogP contribution is -2.16. The van der Waals surface area contributed by atoms with Crippen LogP contribution in [0.25, 0.3) is 22.2 Å². The minimum atomic E-state index is -0.315. The van der Waals surface area contributed by atoms with Gasteiger partial charge in [0.15, 0.2) is 0 Å². The number of aromatic nitrogens is 4. The maximum absolute atomic E-state index is 13.7. The van der Waals surface area contributed by atoms with Crippen molar-refractivity contribution < 1.29 is 13.9 Å². The summed E-state index contributed by atoms with van der Waals surface area (Å²) in [6.07, 6.45) is 6.47. The van der Waals surface area contributed by atoms with Crippen LogP contribution >= 0.6 is 11.6 Å². The standard InChI is InChI=1S/C28H21ClFN5O2/c29-23-14-31-26(34-27(36)20-10-19-4-2-8-37-28(19)32-13-20)12-22(23)18-6-7-24-25(11-18)35(16-33-24)15-17-3-1-5-21(30)9-17/h1,3,5-7,9-14,16H,2,4,8,15H2,(H,31,34,36). The summed E-state index contributed by atoms with van der Waals surface area (Å²) in [5.74, 6) is 0.360. The summed E-state index contributed by atoms with van der Waals surface area (Å²) in [7, 11) is 0. The van der Waals surface area contributed by atoms with Crippen LogP contribution in [0.1, 0.15) is 27.9 Å². The van der Waals surface area contributed by atoms with Gasteiger partial charge in [-0.1, -0.05) is 29.8 Å². The van der Waals surface area contributed by atoms with Crippen molar-refractivity contribution in [1.29, 1.82) is 0 Å². The van der Waals surface area contributed by atoms with Crippen molar-refractivity contribution in [1.82, 2.24) is 19.5 Å². The number of anilines is 1. The number of nitrogens with zero attached hydrogens (tertiary/aromatic N) is 4. The molecule has 5 aromatic rings. The summed E-state index contributed by atoms with van der Waals surface area (Å²) in [6.45, 7) is 1.11. The number of ether oxygens (including phenoxy) is 1. The summed E-state index contributed by atoms with van der Waals surface area (Å²) in [4.78, 5) is 25.9. The van der Waals surface area contributed by atoms with Crippen LogP contribution < -0.4 is 10.1 Å². The Morgan fingerprint density at radius 3 is 2.89 bits per heavy atom. The molecule has 0 unspecified atom stereocenters. The van der Waals surface area contributed by atoms with Crippen LogP contribution in [0.15, 0.2) is 73.3 Å². The average Bonchev–Trinajstić information content (AvgIpc) is 3.31. The number of hydrogen-bond acceptors (Lipinski definition) is 5. The molecule has 1 aliphatic rings. The Hall–Kier alpha value is -4.30. The Morgan fingerprint density at radius 2 is 2.00 bits per heavy atom. The third kappa shape index (κ3) is 4.75. The van der Waals surface area contributed by atoms with E-state index >= 15 is 0 Å². The van der Waals surface area contributed by atoms with Crippen molar-refractivity contribution in [2.45, 2.75) is 19.4 Å². The summed E-state index contributed by atoms with van der Waals surface area (Å²) in [6, 6.07) is 15.8. The molecule has 9 heteroatoms. The zero-order chi connectivity index (χ0) is 25.4. The summed E-state index contributed by atoms with van der Waals surface area (Å²) in [5.41, 5.74) is 5.43. The van der Waals surface area contributed by atoms with Gasteiger partial charge < -0.3 is 14.6 Å². The van der Waals surface area contributed by atoms with E-state index in [4.69, 9.17) is 16.3 Å². The van der Waals surface area contributed by atoms with Crippen molar-refractivity contribution >= 4 is 34.4 Å². The highest BCUT2D eigenvalue weighted by molar-refractivity contribution is 6.33. The molecule has 0 saturated carbocycles. The molecule has 0 radical (unpaired) electrons. The topological polar surface area (TPSA) is 81.9 Å². The first-order valence-electron chi connectivity index (χ1n) is 11.8. The van der Waals surface area contributed by atoms with E-state index in [1.807, 2.05) is 28.8 Å². The number of halogens is 2. The van der Waals surface area contributed by atoms with Crippen molar-refractivity contribution in [3.05, 3.63) is 101 Å². The number of benzene rings is 2. The molecule has 0 bridgehead atoms. The number of imidazole rings is 1. The van der Waals surface area contributed by atoms with E-state index in [1.165, 1.54) is 24.5 Å². The number of rotatable bonds is 5. The number of hydrogen-bond donors (Lipinski definition) is 1. The molecule has 2 aromatic carbocycles. The number of fused-ring (bicyclic) bond motifs is 2. The van der Waals surface area contributed by atoms with Crippen molar-refractivity contribution in [2.75, 3.05) is 11.9 Å². The number of carbonyl (C=O) groups is 1. The Labute approximate surface area is 216 Å². The fourth-order valence-corrected chi connectivity index (χ4v) is 4.67. The average molecular weight is 514 g/mol. The normalized spacial score (nSPS) is 12.7. The van der Waals surface area contributed by atoms with Gasteiger partial charge in [-0.05, 0) is 60.4 Å². The van der Waals surface area contributed by atoms with Crippen molar-refractivity contribution in [2.24, 2.45) is 0 Å². The van der Waals surface area contributed by atoms with Crippen LogP contribution in [-0.2, 0) is 13.0 Å². The van der Waals surface area contributed by atoms with Gasteiger partial charge in [0.05, 0.1) is 34.6 Å². The highest BCUT2D eigenvalue weighted by Crippen LogP contribution is 2.32. The summed E-state index contributed by atoms with van der Waals surface area (Å²) in [5, 5.41) is 3.29. The molecule has 7 nitrogen and oxygen atoms in total. The smallest absolute Gasteiger partial charge is 0.258 e. The fraction of sp³-hybridized carbons (Fsp3) is 0.143. The molecule has 184 valence electrons. The molecule has 0 spiro atoms. The van der Waals surface area contributed by atoms with Gasteiger partial charge in [0.1, 0.15) is 11.6 Å².